The lowest BCUT2D eigenvalue weighted by Crippen LogP contribution is -2.39. The van der Waals surface area contributed by atoms with Gasteiger partial charge in [-0.05, 0) is 43.5 Å². The summed E-state index contributed by atoms with van der Waals surface area (Å²) in [5, 5.41) is 0. The van der Waals surface area contributed by atoms with E-state index in [0.717, 1.165) is 51.1 Å². The van der Waals surface area contributed by atoms with Gasteiger partial charge in [-0.25, -0.2) is 4.39 Å². The van der Waals surface area contributed by atoms with E-state index in [-0.39, 0.29) is 5.82 Å². The van der Waals surface area contributed by atoms with Gasteiger partial charge < -0.3 is 9.47 Å². The lowest BCUT2D eigenvalue weighted by molar-refractivity contribution is -0.00224. The van der Waals surface area contributed by atoms with Crippen LogP contribution in [0.25, 0.3) is 0 Å². The van der Waals surface area contributed by atoms with E-state index in [1.807, 2.05) is 6.07 Å². The first-order valence-electron chi connectivity index (χ1n) is 7.39. The minimum atomic E-state index is -0.306. The maximum Gasteiger partial charge on any atom is 0.165 e. The molecule has 1 fully saturated rings. The van der Waals surface area contributed by atoms with E-state index < -0.39 is 0 Å². The molecule has 4 heteroatoms. The Balaban J connectivity index is 1.92. The van der Waals surface area contributed by atoms with Gasteiger partial charge in [-0.15, -0.1) is 0 Å². The zero-order valence-electron chi connectivity index (χ0n) is 12.4. The monoisotopic (exact) mass is 281 g/mol. The molecule has 1 aromatic carbocycles. The van der Waals surface area contributed by atoms with Crippen molar-refractivity contribution in [2.24, 2.45) is 0 Å². The average molecular weight is 281 g/mol. The number of benzene rings is 1. The summed E-state index contributed by atoms with van der Waals surface area (Å²) in [4.78, 5) is 2.37. The van der Waals surface area contributed by atoms with Crippen molar-refractivity contribution >= 4 is 0 Å². The number of nitrogens with zero attached hydrogens (tertiary/aromatic N) is 1. The maximum absolute atomic E-state index is 13.4. The smallest absolute Gasteiger partial charge is 0.165 e. The molecule has 20 heavy (non-hydrogen) atoms. The van der Waals surface area contributed by atoms with Crippen LogP contribution in [0.1, 0.15) is 31.7 Å². The Bertz CT molecular complexity index is 425. The largest absolute Gasteiger partial charge is 0.494 e. The normalized spacial score (nSPS) is 20.1. The molecule has 0 unspecified atom stereocenters. The summed E-state index contributed by atoms with van der Waals surface area (Å²) in [7, 11) is 1.50. The van der Waals surface area contributed by atoms with Crippen molar-refractivity contribution in [2.45, 2.75) is 38.8 Å². The third kappa shape index (κ3) is 4.18. The molecule has 0 radical (unpaired) electrons. The Hall–Kier alpha value is -1.13. The first kappa shape index (κ1) is 15.3. The van der Waals surface area contributed by atoms with Crippen molar-refractivity contribution in [3.05, 3.63) is 29.6 Å². The van der Waals surface area contributed by atoms with Gasteiger partial charge in [0.1, 0.15) is 0 Å². The summed E-state index contributed by atoms with van der Waals surface area (Å²) in [5.74, 6) is 0.0114. The fourth-order valence-corrected chi connectivity index (χ4v) is 2.64. The number of hydrogen-bond acceptors (Lipinski definition) is 3. The van der Waals surface area contributed by atoms with Crippen molar-refractivity contribution in [1.82, 2.24) is 4.90 Å². The Morgan fingerprint density at radius 1 is 1.40 bits per heavy atom. The fourth-order valence-electron chi connectivity index (χ4n) is 2.64. The van der Waals surface area contributed by atoms with Gasteiger partial charge in [0.25, 0.3) is 0 Å². The van der Waals surface area contributed by atoms with E-state index in [1.54, 1.807) is 6.07 Å². The van der Waals surface area contributed by atoms with Gasteiger partial charge in [-0.3, -0.25) is 4.90 Å². The first-order chi connectivity index (χ1) is 9.72. The molecular weight excluding hydrogens is 257 g/mol. The summed E-state index contributed by atoms with van der Waals surface area (Å²) < 4.78 is 24.3. The molecule has 1 aliphatic heterocycles. The van der Waals surface area contributed by atoms with Crippen LogP contribution in [-0.4, -0.2) is 37.8 Å². The minimum absolute atomic E-state index is 0.306. The maximum atomic E-state index is 13.4. The number of ether oxygens (including phenoxy) is 2. The highest BCUT2D eigenvalue weighted by molar-refractivity contribution is 5.30. The highest BCUT2D eigenvalue weighted by Gasteiger charge is 2.20. The molecule has 1 aromatic rings. The second-order valence-electron chi connectivity index (χ2n) is 5.34. The van der Waals surface area contributed by atoms with Gasteiger partial charge in [-0.1, -0.05) is 13.0 Å². The quantitative estimate of drug-likeness (QED) is 0.799. The summed E-state index contributed by atoms with van der Waals surface area (Å²) in [6.07, 6.45) is 3.70. The second kappa shape index (κ2) is 7.60. The fraction of sp³-hybridized carbons (Fsp3) is 0.625. The average Bonchev–Trinajstić information content (AvgIpc) is 2.47. The van der Waals surface area contributed by atoms with Crippen LogP contribution in [-0.2, 0) is 11.3 Å². The number of rotatable bonds is 6. The van der Waals surface area contributed by atoms with Crippen LogP contribution in [0.2, 0.25) is 0 Å². The molecule has 1 aliphatic rings. The lowest BCUT2D eigenvalue weighted by atomic mass is 10.1. The Labute approximate surface area is 120 Å². The molecule has 0 saturated carbocycles. The standard InChI is InChI=1S/C16H24FNO2/c1-3-9-20-14-5-4-8-18(12-14)11-13-6-7-15(17)16(10-13)19-2/h6-7,10,14H,3-5,8-9,11-12H2,1-2H3/t14-/m1/s1. The van der Waals surface area contributed by atoms with Gasteiger partial charge in [0.05, 0.1) is 13.2 Å². The Kier molecular flexibility index (Phi) is 5.80. The number of hydrogen-bond donors (Lipinski definition) is 0. The highest BCUT2D eigenvalue weighted by Crippen LogP contribution is 2.21. The molecular formula is C16H24FNO2. The molecule has 0 bridgehead atoms. The minimum Gasteiger partial charge on any atom is -0.494 e. The van der Waals surface area contributed by atoms with Crippen molar-refractivity contribution in [3.63, 3.8) is 0 Å². The molecule has 0 aliphatic carbocycles. The van der Waals surface area contributed by atoms with E-state index in [1.165, 1.54) is 13.2 Å². The van der Waals surface area contributed by atoms with Gasteiger partial charge in [0.2, 0.25) is 0 Å². The first-order valence-corrected chi connectivity index (χ1v) is 7.39. The van der Waals surface area contributed by atoms with Crippen LogP contribution in [0, 0.1) is 5.82 Å². The SMILES string of the molecule is CCCO[C@@H]1CCCN(Cc2ccc(F)c(OC)c2)C1. The van der Waals surface area contributed by atoms with Gasteiger partial charge in [-0.2, -0.15) is 0 Å². The van der Waals surface area contributed by atoms with Crippen molar-refractivity contribution in [2.75, 3.05) is 26.8 Å². The van der Waals surface area contributed by atoms with Crippen molar-refractivity contribution in [1.29, 1.82) is 0 Å². The Morgan fingerprint density at radius 2 is 2.25 bits per heavy atom. The van der Waals surface area contributed by atoms with Crippen LogP contribution in [0.15, 0.2) is 18.2 Å². The molecule has 0 spiro atoms. The summed E-state index contributed by atoms with van der Waals surface area (Å²) in [6.45, 7) is 5.82. The van der Waals surface area contributed by atoms with Crippen molar-refractivity contribution < 1.29 is 13.9 Å². The van der Waals surface area contributed by atoms with E-state index in [0.29, 0.717) is 11.9 Å². The van der Waals surface area contributed by atoms with Crippen LogP contribution in [0.3, 0.4) is 0 Å². The zero-order valence-corrected chi connectivity index (χ0v) is 12.4. The molecule has 112 valence electrons. The number of methoxy groups -OCH3 is 1. The van der Waals surface area contributed by atoms with Crippen LogP contribution in [0.4, 0.5) is 4.39 Å². The molecule has 1 atom stereocenters. The van der Waals surface area contributed by atoms with E-state index in [9.17, 15) is 4.39 Å². The number of halogens is 1. The molecule has 3 nitrogen and oxygen atoms in total. The molecule has 1 saturated heterocycles. The Morgan fingerprint density at radius 3 is 3.00 bits per heavy atom. The van der Waals surface area contributed by atoms with Gasteiger partial charge in [0, 0.05) is 19.7 Å². The van der Waals surface area contributed by atoms with Crippen LogP contribution in [0.5, 0.6) is 5.75 Å². The van der Waals surface area contributed by atoms with Crippen molar-refractivity contribution in [3.8, 4) is 5.75 Å². The third-order valence-corrected chi connectivity index (χ3v) is 3.64. The van der Waals surface area contributed by atoms with E-state index in [4.69, 9.17) is 9.47 Å². The number of piperidine rings is 1. The summed E-state index contributed by atoms with van der Waals surface area (Å²) in [6, 6.07) is 5.09. The predicted octanol–water partition coefficient (Wildman–Crippen LogP) is 3.23. The van der Waals surface area contributed by atoms with E-state index in [2.05, 4.69) is 11.8 Å². The molecule has 0 N–H and O–H groups in total. The molecule has 0 aromatic heterocycles. The molecule has 1 heterocycles. The number of likely N-dealkylation sites (tertiary alicyclic amines) is 1. The predicted molar refractivity (Wildman–Crippen MR) is 77.5 cm³/mol. The molecule has 0 amide bonds. The van der Waals surface area contributed by atoms with Crippen LogP contribution < -0.4 is 4.74 Å². The molecule has 2 rings (SSSR count). The van der Waals surface area contributed by atoms with Crippen LogP contribution >= 0.6 is 0 Å². The lowest BCUT2D eigenvalue weighted by Gasteiger charge is -2.32. The topological polar surface area (TPSA) is 21.7 Å². The zero-order chi connectivity index (χ0) is 14.4. The van der Waals surface area contributed by atoms with E-state index >= 15 is 0 Å². The van der Waals surface area contributed by atoms with Gasteiger partial charge in [0.15, 0.2) is 11.6 Å². The second-order valence-corrected chi connectivity index (χ2v) is 5.34. The highest BCUT2D eigenvalue weighted by atomic mass is 19.1. The third-order valence-electron chi connectivity index (χ3n) is 3.64. The van der Waals surface area contributed by atoms with Gasteiger partial charge >= 0.3 is 0 Å². The summed E-state index contributed by atoms with van der Waals surface area (Å²) >= 11 is 0. The summed E-state index contributed by atoms with van der Waals surface area (Å²) in [5.41, 5.74) is 1.08.